The van der Waals surface area contributed by atoms with Gasteiger partial charge in [-0.1, -0.05) is 306 Å². The number of rotatable bonds is 48. The Labute approximate surface area is 678 Å². The lowest BCUT2D eigenvalue weighted by atomic mass is 9.94. The molecule has 0 saturated heterocycles. The Bertz CT molecular complexity index is 3670. The van der Waals surface area contributed by atoms with E-state index in [0.29, 0.717) is 72.1 Å². The highest BCUT2D eigenvalue weighted by atomic mass is 79.9. The summed E-state index contributed by atoms with van der Waals surface area (Å²) >= 11 is 10.9. The number of unbranched alkanes of at least 4 members (excludes halogenated alkanes) is 22. The number of carbonyl (C=O) groups is 4. The number of hydrogen-bond acceptors (Lipinski definition) is 6. The minimum absolute atomic E-state index is 0.00981. The Hall–Kier alpha value is -5.40. The van der Waals surface area contributed by atoms with Gasteiger partial charge in [0.25, 0.3) is 23.6 Å². The first-order valence-electron chi connectivity index (χ1n) is 43.5. The van der Waals surface area contributed by atoms with E-state index in [0.717, 1.165) is 181 Å². The molecule has 588 valence electrons. The Morgan fingerprint density at radius 2 is 0.546 bits per heavy atom. The Morgan fingerprint density at radius 1 is 0.296 bits per heavy atom. The second-order valence-corrected chi connectivity index (χ2v) is 35.8. The van der Waals surface area contributed by atoms with Crippen molar-refractivity contribution in [1.29, 1.82) is 0 Å². The van der Waals surface area contributed by atoms with Gasteiger partial charge >= 0.3 is 0 Å². The molecular formula is C96H134Br2N4O4S2. The van der Waals surface area contributed by atoms with Gasteiger partial charge in [-0.05, 0) is 181 Å². The number of aryl methyl sites for hydroxylation is 2. The average Bonchev–Trinajstić information content (AvgIpc) is 1.58. The van der Waals surface area contributed by atoms with E-state index in [2.05, 4.69) is 160 Å². The van der Waals surface area contributed by atoms with Crippen molar-refractivity contribution in [2.45, 2.75) is 313 Å². The summed E-state index contributed by atoms with van der Waals surface area (Å²) < 4.78 is 1.81. The van der Waals surface area contributed by atoms with Gasteiger partial charge in [0.1, 0.15) is 0 Å². The summed E-state index contributed by atoms with van der Waals surface area (Å²) in [5.74, 6) is 1.54. The van der Waals surface area contributed by atoms with Crippen molar-refractivity contribution in [3.05, 3.63) is 138 Å². The lowest BCUT2D eigenvalue weighted by Gasteiger charge is -2.24. The minimum atomic E-state index is -0.0535. The lowest BCUT2D eigenvalue weighted by Crippen LogP contribution is -2.34. The van der Waals surface area contributed by atoms with Crippen LogP contribution in [0.2, 0.25) is 0 Å². The quantitative estimate of drug-likeness (QED) is 0.0282. The first-order valence-corrected chi connectivity index (χ1v) is 46.8. The number of hydrogen-bond donors (Lipinski definition) is 0. The molecule has 10 rings (SSSR count). The number of carbonyl (C=O) groups excluding carboxylic acids is 4. The van der Waals surface area contributed by atoms with Crippen LogP contribution in [0.3, 0.4) is 0 Å². The van der Waals surface area contributed by atoms with E-state index in [4.69, 9.17) is 0 Å². The number of halogens is 2. The van der Waals surface area contributed by atoms with E-state index in [1.165, 1.54) is 149 Å². The SMILES string of the molecule is CCCCC(CC)CN1C(=O)/C(=C2/C(=O)N(CC(CC)CCCC)c3ccc(Br)cc32)c2cc(Br)ccc21.CCCCCCCCCCCCc1csc(-c2ccc3c(c2)/C(=C2\C(=O)N(CC(CC)CCCC)c4ccc(-c5cc(CCCCCCCCCCCC)cs5)cc42)C(=O)N3CC(CC)CCCC)c1. The predicted molar refractivity (Wildman–Crippen MR) is 475 cm³/mol. The number of benzene rings is 4. The van der Waals surface area contributed by atoms with Crippen LogP contribution in [-0.4, -0.2) is 49.8 Å². The third kappa shape index (κ3) is 22.9. The van der Waals surface area contributed by atoms with Gasteiger partial charge < -0.3 is 19.6 Å². The van der Waals surface area contributed by atoms with E-state index in [1.807, 2.05) is 78.7 Å². The van der Waals surface area contributed by atoms with E-state index >= 15 is 9.59 Å². The van der Waals surface area contributed by atoms with Gasteiger partial charge in [0.2, 0.25) is 0 Å². The molecule has 0 spiro atoms. The summed E-state index contributed by atoms with van der Waals surface area (Å²) in [6, 6.07) is 30.2. The second-order valence-electron chi connectivity index (χ2n) is 32.1. The zero-order valence-corrected chi connectivity index (χ0v) is 73.0. The van der Waals surface area contributed by atoms with Crippen molar-refractivity contribution < 1.29 is 19.2 Å². The maximum atomic E-state index is 15.4. The standard InChI is InChI=1S/C64H94N2O2S2.C32H40Br2N2O2/c1-7-13-17-19-21-23-25-27-29-31-35-51-41-59(69-47-51)53-37-39-57-55(43-53)61(63(67)65(57)45-49(11-5)33-15-9-3)62-56-44-54(38-40-58(56)66(64(62)68)46-50(12-6)34-16-10-4)60-42-52(48-70-60)36-32-30-28-26-24-22-20-18-14-8-2;1-5-9-11-21(7-3)19-35-27-15-13-23(33)17-25(27)29(31(35)37)30-26-18-24(34)14-16-28(26)36(32(30)38)20-22(8-4)12-10-6-2/h37-44,47-50H,7-36,45-46H2,1-6H3;13-18,21-22H,5-12,19-20H2,1-4H3/b62-61+;30-29+. The molecule has 0 aliphatic carbocycles. The molecule has 4 aliphatic rings. The summed E-state index contributed by atoms with van der Waals surface area (Å²) in [6.07, 6.45) is 46.9. The average molecular weight is 1630 g/mol. The van der Waals surface area contributed by atoms with E-state index in [-0.39, 0.29) is 23.6 Å². The molecule has 4 unspecified atom stereocenters. The third-order valence-electron chi connectivity index (χ3n) is 23.9. The van der Waals surface area contributed by atoms with Crippen molar-refractivity contribution in [3.63, 3.8) is 0 Å². The molecule has 4 amide bonds. The third-order valence-corrected chi connectivity index (χ3v) is 27.0. The fraction of sp³-hybridized carbons (Fsp3) is 0.583. The minimum Gasteiger partial charge on any atom is -0.307 e. The van der Waals surface area contributed by atoms with Crippen molar-refractivity contribution in [2.75, 3.05) is 45.8 Å². The second kappa shape index (κ2) is 45.3. The fourth-order valence-electron chi connectivity index (χ4n) is 16.9. The summed E-state index contributed by atoms with van der Waals surface area (Å²) in [7, 11) is 0. The summed E-state index contributed by atoms with van der Waals surface area (Å²) in [5, 5.41) is 4.69. The van der Waals surface area contributed by atoms with E-state index in [1.54, 1.807) is 0 Å². The van der Waals surface area contributed by atoms with Crippen molar-refractivity contribution >= 4 is 123 Å². The molecule has 4 aromatic carbocycles. The van der Waals surface area contributed by atoms with Gasteiger partial charge in [0.05, 0.1) is 45.0 Å². The van der Waals surface area contributed by atoms with Gasteiger partial charge in [-0.25, -0.2) is 0 Å². The number of amides is 4. The molecule has 0 radical (unpaired) electrons. The van der Waals surface area contributed by atoms with Crippen LogP contribution in [0.1, 0.15) is 334 Å². The highest BCUT2D eigenvalue weighted by Crippen LogP contribution is 2.52. The monoisotopic (exact) mass is 1630 g/mol. The van der Waals surface area contributed by atoms with E-state index < -0.39 is 0 Å². The highest BCUT2D eigenvalue weighted by molar-refractivity contribution is 9.10. The van der Waals surface area contributed by atoms with E-state index in [9.17, 15) is 9.59 Å². The normalized spacial score (nSPS) is 16.4. The molecule has 12 heteroatoms. The van der Waals surface area contributed by atoms with Crippen molar-refractivity contribution in [3.8, 4) is 20.9 Å². The maximum Gasteiger partial charge on any atom is 0.259 e. The summed E-state index contributed by atoms with van der Waals surface area (Å²) in [4.78, 5) is 69.6. The van der Waals surface area contributed by atoms with Crippen LogP contribution >= 0.6 is 54.5 Å². The first kappa shape index (κ1) is 86.6. The smallest absolute Gasteiger partial charge is 0.259 e. The fourth-order valence-corrected chi connectivity index (χ4v) is 19.5. The molecule has 8 nitrogen and oxygen atoms in total. The van der Waals surface area contributed by atoms with Crippen LogP contribution in [0.5, 0.6) is 0 Å². The summed E-state index contributed by atoms with van der Waals surface area (Å²) in [5.41, 5.74) is 14.7. The van der Waals surface area contributed by atoms with Crippen molar-refractivity contribution in [1.82, 2.24) is 0 Å². The zero-order valence-electron chi connectivity index (χ0n) is 68.2. The molecule has 108 heavy (non-hydrogen) atoms. The predicted octanol–water partition coefficient (Wildman–Crippen LogP) is 29.4. The zero-order chi connectivity index (χ0) is 76.9. The Balaban J connectivity index is 0.000000297. The largest absolute Gasteiger partial charge is 0.307 e. The van der Waals surface area contributed by atoms with Gasteiger partial charge in [-0.15, -0.1) is 22.7 Å². The molecule has 0 bridgehead atoms. The van der Waals surface area contributed by atoms with Gasteiger partial charge in [0.15, 0.2) is 0 Å². The van der Waals surface area contributed by atoms with Crippen LogP contribution in [0.25, 0.3) is 43.2 Å². The first-order chi connectivity index (χ1) is 52.7. The molecule has 0 saturated carbocycles. The molecule has 6 aromatic rings. The highest BCUT2D eigenvalue weighted by Gasteiger charge is 2.45. The number of anilines is 4. The molecule has 4 aliphatic heterocycles. The maximum absolute atomic E-state index is 15.4. The lowest BCUT2D eigenvalue weighted by molar-refractivity contribution is -0.114. The van der Waals surface area contributed by atoms with Gasteiger partial charge in [0, 0.05) is 67.1 Å². The molecule has 4 atom stereocenters. The summed E-state index contributed by atoms with van der Waals surface area (Å²) in [6.45, 7) is 25.2. The van der Waals surface area contributed by atoms with Crippen molar-refractivity contribution in [2.24, 2.45) is 23.7 Å². The van der Waals surface area contributed by atoms with Crippen LogP contribution < -0.4 is 19.6 Å². The Kier molecular flexibility index (Phi) is 36.3. The number of nitrogens with zero attached hydrogens (tertiary/aromatic N) is 4. The molecular weight excluding hydrogens is 1500 g/mol. The molecule has 2 aromatic heterocycles. The van der Waals surface area contributed by atoms with Crippen LogP contribution in [0, 0.1) is 23.7 Å². The topological polar surface area (TPSA) is 81.2 Å². The number of fused-ring (bicyclic) bond motifs is 4. The van der Waals surface area contributed by atoms with Crippen LogP contribution in [0.4, 0.5) is 22.7 Å². The number of thiophene rings is 2. The van der Waals surface area contributed by atoms with Gasteiger partial charge in [-0.3, -0.25) is 19.2 Å². The van der Waals surface area contributed by atoms with Crippen LogP contribution in [-0.2, 0) is 32.0 Å². The van der Waals surface area contributed by atoms with Gasteiger partial charge in [-0.2, -0.15) is 0 Å². The molecule has 0 N–H and O–H groups in total. The van der Waals surface area contributed by atoms with Crippen LogP contribution in [0.15, 0.2) is 105 Å². The Morgan fingerprint density at radius 3 is 0.815 bits per heavy atom. The molecule has 6 heterocycles. The molecule has 0 fully saturated rings.